The van der Waals surface area contributed by atoms with Crippen LogP contribution in [0.25, 0.3) is 0 Å². The van der Waals surface area contributed by atoms with Crippen molar-refractivity contribution in [3.63, 3.8) is 0 Å². The van der Waals surface area contributed by atoms with E-state index >= 15 is 0 Å². The minimum Gasteiger partial charge on any atom is -0.394 e. The molecule has 1 saturated heterocycles. The molecule has 0 amide bonds. The molecule has 4 atom stereocenters. The van der Waals surface area contributed by atoms with Crippen molar-refractivity contribution < 1.29 is 29.6 Å². The highest BCUT2D eigenvalue weighted by Gasteiger charge is 2.49. The van der Waals surface area contributed by atoms with Crippen LogP contribution in [0, 0.1) is 5.92 Å². The quantitative estimate of drug-likeness (QED) is 0.361. The lowest BCUT2D eigenvalue weighted by Gasteiger charge is -2.41. The van der Waals surface area contributed by atoms with Crippen LogP contribution in [-0.4, -0.2) is 59.9 Å². The Kier molecular flexibility index (Phi) is 3.57. The van der Waals surface area contributed by atoms with Gasteiger partial charge in [0.2, 0.25) is 5.79 Å². The Morgan fingerprint density at radius 2 is 2.36 bits per heavy atom. The highest BCUT2D eigenvalue weighted by molar-refractivity contribution is 5.56. The molecule has 4 unspecified atom stereocenters. The number of rotatable bonds is 3. The zero-order valence-electron chi connectivity index (χ0n) is 7.79. The van der Waals surface area contributed by atoms with Crippen LogP contribution < -0.4 is 0 Å². The van der Waals surface area contributed by atoms with Crippen molar-refractivity contribution in [1.29, 1.82) is 0 Å². The molecule has 82 valence electrons. The van der Waals surface area contributed by atoms with Gasteiger partial charge in [0.1, 0.15) is 19.0 Å². The predicted molar refractivity (Wildman–Crippen MR) is 44.3 cm³/mol. The van der Waals surface area contributed by atoms with E-state index in [-0.39, 0.29) is 13.2 Å². The summed E-state index contributed by atoms with van der Waals surface area (Å²) in [6.45, 7) is -0.666. The van der Waals surface area contributed by atoms with Crippen molar-refractivity contribution in [2.45, 2.75) is 18.0 Å². The van der Waals surface area contributed by atoms with Crippen LogP contribution in [0.3, 0.4) is 0 Å². The molecule has 1 heterocycles. The number of methoxy groups -OCH3 is 1. The monoisotopic (exact) mass is 206 g/mol. The third-order valence-electron chi connectivity index (χ3n) is 2.45. The highest BCUT2D eigenvalue weighted by atomic mass is 16.7. The molecule has 0 bridgehead atoms. The summed E-state index contributed by atoms with van der Waals surface area (Å²) in [5.41, 5.74) is 0. The molecule has 0 aromatic heterocycles. The molecule has 0 spiro atoms. The zero-order chi connectivity index (χ0) is 10.8. The van der Waals surface area contributed by atoms with Gasteiger partial charge in [-0.2, -0.15) is 0 Å². The summed E-state index contributed by atoms with van der Waals surface area (Å²) in [6.07, 6.45) is -1.75. The average molecular weight is 206 g/mol. The number of aldehydes is 1. The standard InChI is InChI=1S/C8H14O6/c1-13-8(12)4-14-6(3-10)5(2-9)7(8)11/h2,5-7,10-12H,3-4H2,1H3. The molecule has 1 rings (SSSR count). The van der Waals surface area contributed by atoms with Crippen LogP contribution in [0.5, 0.6) is 0 Å². The summed E-state index contributed by atoms with van der Waals surface area (Å²) in [5, 5.41) is 28.1. The lowest BCUT2D eigenvalue weighted by atomic mass is 9.89. The maximum Gasteiger partial charge on any atom is 0.216 e. The van der Waals surface area contributed by atoms with Gasteiger partial charge in [-0.25, -0.2) is 0 Å². The van der Waals surface area contributed by atoms with Gasteiger partial charge in [0.15, 0.2) is 0 Å². The number of ether oxygens (including phenoxy) is 2. The van der Waals surface area contributed by atoms with Crippen LogP contribution in [0.4, 0.5) is 0 Å². The molecule has 0 aromatic rings. The Hall–Kier alpha value is -0.530. The number of aliphatic hydroxyl groups is 3. The van der Waals surface area contributed by atoms with E-state index in [9.17, 15) is 15.0 Å². The van der Waals surface area contributed by atoms with Crippen molar-refractivity contribution in [3.8, 4) is 0 Å². The second-order valence-electron chi connectivity index (χ2n) is 3.24. The number of aliphatic hydroxyl groups excluding tert-OH is 2. The first kappa shape index (κ1) is 11.5. The van der Waals surface area contributed by atoms with E-state index in [2.05, 4.69) is 4.74 Å². The van der Waals surface area contributed by atoms with E-state index in [1.165, 1.54) is 7.11 Å². The minimum absolute atomic E-state index is 0.278. The predicted octanol–water partition coefficient (Wildman–Crippen LogP) is -2.11. The molecule has 1 fully saturated rings. The molecule has 0 saturated carbocycles. The fourth-order valence-electron chi connectivity index (χ4n) is 1.44. The second-order valence-corrected chi connectivity index (χ2v) is 3.24. The molecule has 1 aliphatic rings. The maximum absolute atomic E-state index is 10.6. The van der Waals surface area contributed by atoms with Crippen LogP contribution >= 0.6 is 0 Å². The largest absolute Gasteiger partial charge is 0.394 e. The molecule has 14 heavy (non-hydrogen) atoms. The summed E-state index contributed by atoms with van der Waals surface area (Å²) < 4.78 is 9.65. The van der Waals surface area contributed by atoms with Gasteiger partial charge >= 0.3 is 0 Å². The molecule has 0 aromatic carbocycles. The number of carbonyl (C=O) groups is 1. The third kappa shape index (κ3) is 1.79. The van der Waals surface area contributed by atoms with E-state index in [4.69, 9.17) is 9.84 Å². The van der Waals surface area contributed by atoms with Gasteiger partial charge < -0.3 is 29.6 Å². The molecule has 3 N–H and O–H groups in total. The maximum atomic E-state index is 10.6. The Morgan fingerprint density at radius 3 is 2.79 bits per heavy atom. The van der Waals surface area contributed by atoms with Gasteiger partial charge in [-0.3, -0.25) is 0 Å². The van der Waals surface area contributed by atoms with Crippen molar-refractivity contribution in [2.75, 3.05) is 20.3 Å². The topological polar surface area (TPSA) is 96.2 Å². The molecule has 6 nitrogen and oxygen atoms in total. The van der Waals surface area contributed by atoms with Gasteiger partial charge in [-0.05, 0) is 0 Å². The Morgan fingerprint density at radius 1 is 1.71 bits per heavy atom. The Labute approximate surface area is 81.1 Å². The normalized spacial score (nSPS) is 43.6. The van der Waals surface area contributed by atoms with Crippen LogP contribution in [0.15, 0.2) is 0 Å². The van der Waals surface area contributed by atoms with Gasteiger partial charge in [0.25, 0.3) is 0 Å². The lowest BCUT2D eigenvalue weighted by Crippen LogP contribution is -2.60. The Balaban J connectivity index is 2.81. The minimum atomic E-state index is -1.88. The molecule has 0 radical (unpaired) electrons. The number of carbonyl (C=O) groups excluding carboxylic acids is 1. The van der Waals surface area contributed by atoms with Gasteiger partial charge in [0.05, 0.1) is 18.6 Å². The number of hydrogen-bond donors (Lipinski definition) is 3. The summed E-state index contributed by atoms with van der Waals surface area (Å²) in [7, 11) is 1.20. The van der Waals surface area contributed by atoms with Crippen LogP contribution in [0.2, 0.25) is 0 Å². The van der Waals surface area contributed by atoms with Gasteiger partial charge in [0, 0.05) is 7.11 Å². The van der Waals surface area contributed by atoms with Crippen molar-refractivity contribution in [3.05, 3.63) is 0 Å². The van der Waals surface area contributed by atoms with E-state index < -0.39 is 23.9 Å². The van der Waals surface area contributed by atoms with E-state index in [1.807, 2.05) is 0 Å². The second kappa shape index (κ2) is 4.33. The summed E-state index contributed by atoms with van der Waals surface area (Å²) in [5.74, 6) is -2.87. The van der Waals surface area contributed by atoms with Crippen molar-refractivity contribution in [2.24, 2.45) is 5.92 Å². The van der Waals surface area contributed by atoms with Crippen LogP contribution in [-0.2, 0) is 14.3 Å². The Bertz CT molecular complexity index is 208. The van der Waals surface area contributed by atoms with E-state index in [1.54, 1.807) is 0 Å². The van der Waals surface area contributed by atoms with Gasteiger partial charge in [-0.15, -0.1) is 0 Å². The first-order valence-electron chi connectivity index (χ1n) is 4.22. The van der Waals surface area contributed by atoms with E-state index in [0.29, 0.717) is 6.29 Å². The summed E-state index contributed by atoms with van der Waals surface area (Å²) in [6, 6.07) is 0. The number of hydrogen-bond acceptors (Lipinski definition) is 6. The fraction of sp³-hybridized carbons (Fsp3) is 0.875. The lowest BCUT2D eigenvalue weighted by molar-refractivity contribution is -0.313. The highest BCUT2D eigenvalue weighted by Crippen LogP contribution is 2.28. The molecular weight excluding hydrogens is 192 g/mol. The fourth-order valence-corrected chi connectivity index (χ4v) is 1.44. The molecule has 6 heteroatoms. The van der Waals surface area contributed by atoms with Crippen molar-refractivity contribution >= 4 is 6.29 Å². The first-order chi connectivity index (χ1) is 6.59. The summed E-state index contributed by atoms with van der Waals surface area (Å²) >= 11 is 0. The van der Waals surface area contributed by atoms with Gasteiger partial charge in [-0.1, -0.05) is 0 Å². The van der Waals surface area contributed by atoms with Crippen molar-refractivity contribution in [1.82, 2.24) is 0 Å². The van der Waals surface area contributed by atoms with E-state index in [0.717, 1.165) is 0 Å². The average Bonchev–Trinajstić information content (AvgIpc) is 2.22. The van der Waals surface area contributed by atoms with Crippen LogP contribution in [0.1, 0.15) is 0 Å². The molecule has 1 aliphatic heterocycles. The SMILES string of the molecule is COC1(O)COC(CO)C(C=O)C1O. The molecular formula is C8H14O6. The third-order valence-corrected chi connectivity index (χ3v) is 2.45. The first-order valence-corrected chi connectivity index (χ1v) is 4.22. The summed E-state index contributed by atoms with van der Waals surface area (Å²) in [4.78, 5) is 10.6. The smallest absolute Gasteiger partial charge is 0.216 e. The zero-order valence-corrected chi connectivity index (χ0v) is 7.79. The molecule has 0 aliphatic carbocycles.